The molecule has 0 aliphatic carbocycles. The second-order valence-corrected chi connectivity index (χ2v) is 8.76. The normalized spacial score (nSPS) is 16.6. The lowest BCUT2D eigenvalue weighted by Gasteiger charge is -2.21. The van der Waals surface area contributed by atoms with Crippen LogP contribution in [0.1, 0.15) is 42.3 Å². The molecule has 2 N–H and O–H groups in total. The molecule has 1 fully saturated rings. The number of hydrogen-bond acceptors (Lipinski definition) is 5. The second-order valence-electron chi connectivity index (χ2n) is 7.84. The smallest absolute Gasteiger partial charge is 0.506 e. The van der Waals surface area contributed by atoms with Crippen molar-refractivity contribution in [2.24, 2.45) is 5.92 Å². The molecule has 32 heavy (non-hydrogen) atoms. The number of hydrogen-bond donors (Lipinski definition) is 2. The van der Waals surface area contributed by atoms with Crippen LogP contribution in [-0.2, 0) is 18.9 Å². The van der Waals surface area contributed by atoms with Crippen LogP contribution < -0.4 is 10.6 Å². The first kappa shape index (κ1) is 23.9. The van der Waals surface area contributed by atoms with E-state index in [1.807, 2.05) is 19.9 Å². The van der Waals surface area contributed by atoms with Gasteiger partial charge in [0, 0.05) is 4.47 Å². The van der Waals surface area contributed by atoms with E-state index >= 15 is 0 Å². The molecular weight excluding hydrogens is 482 g/mol. The lowest BCUT2D eigenvalue weighted by molar-refractivity contribution is -0.136. The molecule has 0 spiro atoms. The maximum absolute atomic E-state index is 13.9. The SMILES string of the molecule is CC(C)C[C@H](NC(=O)CNC(=O)c1cc(Br)ccc1F)B1OC(=O)C(c2ccccc2)O1. The van der Waals surface area contributed by atoms with E-state index in [1.165, 1.54) is 12.1 Å². The van der Waals surface area contributed by atoms with E-state index in [2.05, 4.69) is 26.6 Å². The molecule has 0 aromatic heterocycles. The summed E-state index contributed by atoms with van der Waals surface area (Å²) in [7, 11) is -0.961. The molecule has 7 nitrogen and oxygen atoms in total. The van der Waals surface area contributed by atoms with Crippen molar-refractivity contribution in [2.75, 3.05) is 6.54 Å². The Morgan fingerprint density at radius 2 is 1.91 bits per heavy atom. The Balaban J connectivity index is 1.61. The minimum Gasteiger partial charge on any atom is -0.506 e. The predicted molar refractivity (Wildman–Crippen MR) is 120 cm³/mol. The Labute approximate surface area is 194 Å². The molecule has 2 amide bonds. The number of nitrogens with one attached hydrogen (secondary N) is 2. The zero-order chi connectivity index (χ0) is 23.3. The van der Waals surface area contributed by atoms with Crippen molar-refractivity contribution in [1.82, 2.24) is 10.6 Å². The van der Waals surface area contributed by atoms with Gasteiger partial charge in [0.05, 0.1) is 18.0 Å². The molecule has 3 rings (SSSR count). The van der Waals surface area contributed by atoms with E-state index in [1.54, 1.807) is 24.3 Å². The maximum Gasteiger partial charge on any atom is 0.552 e. The summed E-state index contributed by atoms with van der Waals surface area (Å²) in [6.07, 6.45) is -0.383. The van der Waals surface area contributed by atoms with Gasteiger partial charge in [-0.2, -0.15) is 0 Å². The Morgan fingerprint density at radius 3 is 2.59 bits per heavy atom. The average molecular weight is 505 g/mol. The number of amides is 2. The number of carbonyl (C=O) groups excluding carboxylic acids is 3. The summed E-state index contributed by atoms with van der Waals surface area (Å²) in [4.78, 5) is 37.1. The molecule has 1 aliphatic rings. The first-order valence-corrected chi connectivity index (χ1v) is 11.0. The van der Waals surface area contributed by atoms with Crippen LogP contribution in [0.4, 0.5) is 4.39 Å². The highest BCUT2D eigenvalue weighted by Crippen LogP contribution is 2.28. The van der Waals surface area contributed by atoms with E-state index in [-0.39, 0.29) is 18.0 Å². The zero-order valence-electron chi connectivity index (χ0n) is 17.6. The lowest BCUT2D eigenvalue weighted by Crippen LogP contribution is -2.50. The standard InChI is InChI=1S/C22H23BBrFN2O5/c1-13(2)10-18(23-31-20(22(30)32-23)14-6-4-3-5-7-14)27-19(28)12-26-21(29)16-11-15(24)8-9-17(16)25/h3-9,11,13,18,20H,10,12H2,1-2H3,(H,26,29)(H,27,28)/t18-,20?/m0/s1. The van der Waals surface area contributed by atoms with Gasteiger partial charge in [0.2, 0.25) is 5.91 Å². The third kappa shape index (κ3) is 6.17. The topological polar surface area (TPSA) is 93.7 Å². The summed E-state index contributed by atoms with van der Waals surface area (Å²) in [5.41, 5.74) is 0.489. The summed E-state index contributed by atoms with van der Waals surface area (Å²) < 4.78 is 25.6. The Kier molecular flexibility index (Phi) is 8.03. The summed E-state index contributed by atoms with van der Waals surface area (Å²) in [6.45, 7) is 3.55. The molecule has 2 aromatic rings. The Bertz CT molecular complexity index is 992. The van der Waals surface area contributed by atoms with Crippen molar-refractivity contribution >= 4 is 40.8 Å². The predicted octanol–water partition coefficient (Wildman–Crippen LogP) is 3.19. The van der Waals surface area contributed by atoms with E-state index in [9.17, 15) is 18.8 Å². The van der Waals surface area contributed by atoms with Crippen molar-refractivity contribution in [3.63, 3.8) is 0 Å². The van der Waals surface area contributed by atoms with E-state index in [0.29, 0.717) is 16.5 Å². The Hall–Kier alpha value is -2.72. The van der Waals surface area contributed by atoms with E-state index in [4.69, 9.17) is 9.31 Å². The van der Waals surface area contributed by atoms with Gasteiger partial charge in [0.15, 0.2) is 6.10 Å². The van der Waals surface area contributed by atoms with Crippen LogP contribution in [0.3, 0.4) is 0 Å². The first-order chi connectivity index (χ1) is 15.2. The Morgan fingerprint density at radius 1 is 1.19 bits per heavy atom. The van der Waals surface area contributed by atoms with Gasteiger partial charge in [-0.05, 0) is 36.1 Å². The molecule has 1 unspecified atom stereocenters. The molecule has 2 aromatic carbocycles. The van der Waals surface area contributed by atoms with Crippen molar-refractivity contribution in [3.8, 4) is 0 Å². The van der Waals surface area contributed by atoms with Crippen molar-refractivity contribution in [1.29, 1.82) is 0 Å². The van der Waals surface area contributed by atoms with Crippen LogP contribution in [0.25, 0.3) is 0 Å². The number of halogens is 2. The van der Waals surface area contributed by atoms with Crippen LogP contribution >= 0.6 is 15.9 Å². The third-order valence-corrected chi connectivity index (χ3v) is 5.29. The fraction of sp³-hybridized carbons (Fsp3) is 0.318. The molecule has 1 aliphatic heterocycles. The van der Waals surface area contributed by atoms with Crippen molar-refractivity contribution < 1.29 is 28.1 Å². The second kappa shape index (κ2) is 10.7. The van der Waals surface area contributed by atoms with Gasteiger partial charge >= 0.3 is 13.1 Å². The van der Waals surface area contributed by atoms with Crippen LogP contribution in [0.2, 0.25) is 0 Å². The number of carbonyl (C=O) groups is 3. The molecular formula is C22H23BBrFN2O5. The maximum atomic E-state index is 13.9. The van der Waals surface area contributed by atoms with Crippen molar-refractivity contribution in [2.45, 2.75) is 32.3 Å². The quantitative estimate of drug-likeness (QED) is 0.538. The minimum absolute atomic E-state index is 0.170. The summed E-state index contributed by atoms with van der Waals surface area (Å²) in [6, 6.07) is 12.9. The minimum atomic E-state index is -0.961. The molecule has 2 atom stereocenters. The van der Waals surface area contributed by atoms with Crippen LogP contribution in [0.5, 0.6) is 0 Å². The highest BCUT2D eigenvalue weighted by molar-refractivity contribution is 9.10. The van der Waals surface area contributed by atoms with Gasteiger partial charge in [0.25, 0.3) is 5.91 Å². The molecule has 0 saturated carbocycles. The highest BCUT2D eigenvalue weighted by Gasteiger charge is 2.46. The van der Waals surface area contributed by atoms with Gasteiger partial charge < -0.3 is 19.9 Å². The van der Waals surface area contributed by atoms with Gasteiger partial charge in [-0.3, -0.25) is 14.4 Å². The highest BCUT2D eigenvalue weighted by atomic mass is 79.9. The largest absolute Gasteiger partial charge is 0.552 e. The molecule has 168 valence electrons. The molecule has 1 heterocycles. The van der Waals surface area contributed by atoms with Crippen LogP contribution in [0, 0.1) is 11.7 Å². The van der Waals surface area contributed by atoms with Crippen LogP contribution in [-0.4, -0.2) is 37.4 Å². The number of benzene rings is 2. The summed E-state index contributed by atoms with van der Waals surface area (Å²) in [5, 5.41) is 5.16. The van der Waals surface area contributed by atoms with Gasteiger partial charge in [-0.1, -0.05) is 60.1 Å². The molecule has 10 heteroatoms. The van der Waals surface area contributed by atoms with Crippen LogP contribution in [0.15, 0.2) is 53.0 Å². The van der Waals surface area contributed by atoms with Crippen molar-refractivity contribution in [3.05, 3.63) is 69.9 Å². The van der Waals surface area contributed by atoms with Gasteiger partial charge in [-0.25, -0.2) is 4.39 Å². The first-order valence-electron chi connectivity index (χ1n) is 10.2. The molecule has 0 radical (unpaired) electrons. The lowest BCUT2D eigenvalue weighted by atomic mass is 9.74. The molecule has 1 saturated heterocycles. The fourth-order valence-corrected chi connectivity index (χ4v) is 3.71. The summed E-state index contributed by atoms with van der Waals surface area (Å²) >= 11 is 3.18. The van der Waals surface area contributed by atoms with Gasteiger partial charge in [0.1, 0.15) is 5.82 Å². The van der Waals surface area contributed by atoms with Gasteiger partial charge in [-0.15, -0.1) is 0 Å². The zero-order valence-corrected chi connectivity index (χ0v) is 19.2. The summed E-state index contributed by atoms with van der Waals surface area (Å²) in [5.74, 6) is -2.89. The third-order valence-electron chi connectivity index (χ3n) is 4.80. The fourth-order valence-electron chi connectivity index (χ4n) is 3.34. The average Bonchev–Trinajstić information content (AvgIpc) is 3.15. The van der Waals surface area contributed by atoms with E-state index in [0.717, 1.165) is 6.07 Å². The monoisotopic (exact) mass is 504 g/mol. The molecule has 0 bridgehead atoms. The number of rotatable bonds is 8. The van der Waals surface area contributed by atoms with E-state index < -0.39 is 42.8 Å².